The maximum Gasteiger partial charge on any atom is 0.286 e. The number of rotatable bonds is 6. The van der Waals surface area contributed by atoms with E-state index in [-0.39, 0.29) is 18.1 Å². The molecule has 4 nitrogen and oxygen atoms in total. The SMILES string of the molecule is O=C1N=C(N2CCCC2)SC1=C(C=C(CC(=O)c1ccccc1)c1ccc(Cl)cc1)c1ccccc1. The monoisotopic (exact) mass is 512 g/mol. The predicted octanol–water partition coefficient (Wildman–Crippen LogP) is 7.13. The molecule has 180 valence electrons. The Kier molecular flexibility index (Phi) is 7.49. The quantitative estimate of drug-likeness (QED) is 0.260. The first kappa shape index (κ1) is 24.3. The van der Waals surface area contributed by atoms with E-state index in [2.05, 4.69) is 9.89 Å². The Morgan fingerprint density at radius 1 is 0.861 bits per heavy atom. The van der Waals surface area contributed by atoms with Crippen LogP contribution in [0.2, 0.25) is 5.02 Å². The minimum absolute atomic E-state index is 0.00798. The molecule has 2 aliphatic rings. The fourth-order valence-corrected chi connectivity index (χ4v) is 5.55. The van der Waals surface area contributed by atoms with E-state index in [0.29, 0.717) is 15.5 Å². The van der Waals surface area contributed by atoms with Gasteiger partial charge in [0.05, 0.1) is 4.91 Å². The number of ketones is 1. The Hall–Kier alpha value is -3.41. The molecule has 3 aromatic rings. The highest BCUT2D eigenvalue weighted by Gasteiger charge is 2.30. The molecule has 0 unspecified atom stereocenters. The van der Waals surface area contributed by atoms with E-state index in [0.717, 1.165) is 53.4 Å². The van der Waals surface area contributed by atoms with Gasteiger partial charge in [0.1, 0.15) is 0 Å². The van der Waals surface area contributed by atoms with Gasteiger partial charge in [0.15, 0.2) is 11.0 Å². The summed E-state index contributed by atoms with van der Waals surface area (Å²) in [7, 11) is 0. The molecule has 5 rings (SSSR count). The number of nitrogens with zero attached hydrogens (tertiary/aromatic N) is 2. The average molecular weight is 513 g/mol. The van der Waals surface area contributed by atoms with Crippen molar-refractivity contribution in [3.63, 3.8) is 0 Å². The van der Waals surface area contributed by atoms with E-state index in [1.54, 1.807) is 0 Å². The molecule has 0 N–H and O–H groups in total. The van der Waals surface area contributed by atoms with Gasteiger partial charge in [-0.1, -0.05) is 84.4 Å². The molecule has 0 aromatic heterocycles. The number of carbonyl (C=O) groups excluding carboxylic acids is 2. The molecule has 0 radical (unpaired) electrons. The second kappa shape index (κ2) is 11.1. The molecule has 0 bridgehead atoms. The molecule has 2 heterocycles. The Balaban J connectivity index is 1.60. The van der Waals surface area contributed by atoms with Crippen LogP contribution in [0.5, 0.6) is 0 Å². The number of carbonyl (C=O) groups is 2. The highest BCUT2D eigenvalue weighted by molar-refractivity contribution is 8.18. The standard InChI is InChI=1S/C30H25ClN2O2S/c31-25-15-13-21(14-16-25)24(20-27(34)23-11-5-2-6-12-23)19-26(22-9-3-1-4-10-22)28-29(35)32-30(36-28)33-17-7-8-18-33/h1-6,9-16,19H,7-8,17-18,20H2. The van der Waals surface area contributed by atoms with Crippen molar-refractivity contribution >= 4 is 51.4 Å². The first-order valence-corrected chi connectivity index (χ1v) is 13.2. The normalized spacial score (nSPS) is 17.4. The third-order valence-corrected chi connectivity index (χ3v) is 7.65. The van der Waals surface area contributed by atoms with Crippen LogP contribution in [-0.4, -0.2) is 34.8 Å². The highest BCUT2D eigenvalue weighted by atomic mass is 35.5. The van der Waals surface area contributed by atoms with E-state index in [1.807, 2.05) is 91.0 Å². The number of amides is 1. The summed E-state index contributed by atoms with van der Waals surface area (Å²) in [5, 5.41) is 1.39. The summed E-state index contributed by atoms with van der Waals surface area (Å²) in [6, 6.07) is 26.5. The fourth-order valence-electron chi connectivity index (χ4n) is 4.38. The van der Waals surface area contributed by atoms with Crippen LogP contribution in [0.1, 0.15) is 40.7 Å². The minimum atomic E-state index is -0.234. The number of halogens is 1. The zero-order chi connectivity index (χ0) is 24.9. The number of thioether (sulfide) groups is 1. The Morgan fingerprint density at radius 3 is 2.11 bits per heavy atom. The molecule has 0 spiro atoms. The topological polar surface area (TPSA) is 49.7 Å². The summed E-state index contributed by atoms with van der Waals surface area (Å²) >= 11 is 7.59. The summed E-state index contributed by atoms with van der Waals surface area (Å²) in [6.07, 6.45) is 4.39. The molecule has 3 aromatic carbocycles. The first-order chi connectivity index (χ1) is 17.6. The lowest BCUT2D eigenvalue weighted by Crippen LogP contribution is -2.23. The smallest absolute Gasteiger partial charge is 0.286 e. The van der Waals surface area contributed by atoms with Gasteiger partial charge in [-0.05, 0) is 59.5 Å². The Bertz CT molecular complexity index is 1360. The van der Waals surface area contributed by atoms with Crippen LogP contribution in [-0.2, 0) is 4.79 Å². The fraction of sp³-hybridized carbons (Fsp3) is 0.167. The van der Waals surface area contributed by atoms with Gasteiger partial charge in [-0.2, -0.15) is 4.99 Å². The van der Waals surface area contributed by atoms with Gasteiger partial charge in [-0.3, -0.25) is 9.59 Å². The van der Waals surface area contributed by atoms with Gasteiger partial charge in [-0.25, -0.2) is 0 Å². The molecule has 0 atom stereocenters. The first-order valence-electron chi connectivity index (χ1n) is 12.0. The maximum atomic E-state index is 13.2. The second-order valence-electron chi connectivity index (χ2n) is 8.75. The zero-order valence-electron chi connectivity index (χ0n) is 19.7. The predicted molar refractivity (Wildman–Crippen MR) is 149 cm³/mol. The van der Waals surface area contributed by atoms with Crippen molar-refractivity contribution in [2.24, 2.45) is 4.99 Å². The largest absolute Gasteiger partial charge is 0.351 e. The lowest BCUT2D eigenvalue weighted by atomic mass is 9.93. The lowest BCUT2D eigenvalue weighted by molar-refractivity contribution is -0.113. The molecular weight excluding hydrogens is 488 g/mol. The molecule has 36 heavy (non-hydrogen) atoms. The Labute approximate surface area is 220 Å². The number of allylic oxidation sites excluding steroid dienone is 3. The molecule has 1 amide bonds. The number of Topliss-reactive ketones (excluding diaryl/α,β-unsaturated/α-hetero) is 1. The summed E-state index contributed by atoms with van der Waals surface area (Å²) in [4.78, 5) is 33.6. The van der Waals surface area contributed by atoms with Crippen LogP contribution in [0, 0.1) is 0 Å². The average Bonchev–Trinajstić information content (AvgIpc) is 3.58. The van der Waals surface area contributed by atoms with Crippen LogP contribution < -0.4 is 0 Å². The van der Waals surface area contributed by atoms with Crippen molar-refractivity contribution < 1.29 is 9.59 Å². The number of hydrogen-bond donors (Lipinski definition) is 0. The summed E-state index contributed by atoms with van der Waals surface area (Å²) < 4.78 is 0. The molecule has 1 fully saturated rings. The van der Waals surface area contributed by atoms with Gasteiger partial charge in [0.2, 0.25) is 0 Å². The van der Waals surface area contributed by atoms with Crippen LogP contribution >= 0.6 is 23.4 Å². The zero-order valence-corrected chi connectivity index (χ0v) is 21.3. The van der Waals surface area contributed by atoms with Crippen molar-refractivity contribution in [1.29, 1.82) is 0 Å². The van der Waals surface area contributed by atoms with Gasteiger partial charge < -0.3 is 4.90 Å². The number of likely N-dealkylation sites (tertiary alicyclic amines) is 1. The molecular formula is C30H25ClN2O2S. The van der Waals surface area contributed by atoms with Crippen LogP contribution in [0.15, 0.2) is 101 Å². The number of amidine groups is 1. The van der Waals surface area contributed by atoms with Gasteiger partial charge in [0.25, 0.3) is 5.91 Å². The number of hydrogen-bond acceptors (Lipinski definition) is 4. The van der Waals surface area contributed by atoms with Crippen LogP contribution in [0.4, 0.5) is 0 Å². The second-order valence-corrected chi connectivity index (χ2v) is 10.2. The number of aliphatic imine (C=N–C) groups is 1. The van der Waals surface area contributed by atoms with Crippen LogP contribution in [0.25, 0.3) is 11.1 Å². The minimum Gasteiger partial charge on any atom is -0.351 e. The van der Waals surface area contributed by atoms with E-state index in [4.69, 9.17) is 11.6 Å². The maximum absolute atomic E-state index is 13.2. The molecule has 0 saturated carbocycles. The third kappa shape index (κ3) is 5.53. The molecule has 6 heteroatoms. The number of benzene rings is 3. The molecule has 2 aliphatic heterocycles. The van der Waals surface area contributed by atoms with E-state index in [9.17, 15) is 9.59 Å². The lowest BCUT2D eigenvalue weighted by Gasteiger charge is -2.16. The van der Waals surface area contributed by atoms with Crippen molar-refractivity contribution in [3.05, 3.63) is 118 Å². The van der Waals surface area contributed by atoms with Gasteiger partial charge in [0, 0.05) is 35.7 Å². The Morgan fingerprint density at radius 2 is 1.47 bits per heavy atom. The van der Waals surface area contributed by atoms with Gasteiger partial charge in [-0.15, -0.1) is 0 Å². The summed E-state index contributed by atoms with van der Waals surface area (Å²) in [6.45, 7) is 1.84. The summed E-state index contributed by atoms with van der Waals surface area (Å²) in [5.41, 5.74) is 4.03. The molecule has 1 saturated heterocycles. The van der Waals surface area contributed by atoms with E-state index in [1.165, 1.54) is 11.8 Å². The van der Waals surface area contributed by atoms with E-state index < -0.39 is 0 Å². The van der Waals surface area contributed by atoms with Crippen molar-refractivity contribution in [3.8, 4) is 0 Å². The third-order valence-electron chi connectivity index (χ3n) is 6.27. The van der Waals surface area contributed by atoms with E-state index >= 15 is 0 Å². The van der Waals surface area contributed by atoms with Crippen LogP contribution in [0.3, 0.4) is 0 Å². The summed E-state index contributed by atoms with van der Waals surface area (Å²) in [5.74, 6) is -0.226. The van der Waals surface area contributed by atoms with Crippen molar-refractivity contribution in [1.82, 2.24) is 4.90 Å². The van der Waals surface area contributed by atoms with Crippen molar-refractivity contribution in [2.45, 2.75) is 19.3 Å². The molecule has 0 aliphatic carbocycles. The van der Waals surface area contributed by atoms with Gasteiger partial charge >= 0.3 is 0 Å². The van der Waals surface area contributed by atoms with Crippen molar-refractivity contribution in [2.75, 3.05) is 13.1 Å². The highest BCUT2D eigenvalue weighted by Crippen LogP contribution is 2.38.